The molecule has 0 spiro atoms. The molecular weight excluding hydrogens is 280 g/mol. The molecule has 3 nitrogen and oxygen atoms in total. The van der Waals surface area contributed by atoms with E-state index in [4.69, 9.17) is 0 Å². The summed E-state index contributed by atoms with van der Waals surface area (Å²) >= 11 is 3.52. The molecule has 3 atom stereocenters. The van der Waals surface area contributed by atoms with E-state index in [1.165, 1.54) is 19.3 Å². The van der Waals surface area contributed by atoms with E-state index >= 15 is 0 Å². The van der Waals surface area contributed by atoms with Crippen molar-refractivity contribution < 1.29 is 5.11 Å². The molecule has 0 saturated heterocycles. The van der Waals surface area contributed by atoms with Gasteiger partial charge in [-0.1, -0.05) is 0 Å². The van der Waals surface area contributed by atoms with Crippen LogP contribution in [0.2, 0.25) is 0 Å². The Labute approximate surface area is 110 Å². The molecule has 2 saturated carbocycles. The first-order chi connectivity index (χ1) is 8.08. The van der Waals surface area contributed by atoms with E-state index in [1.54, 1.807) is 6.20 Å². The Morgan fingerprint density at radius 1 is 1.35 bits per heavy atom. The zero-order valence-electron chi connectivity index (χ0n) is 10.3. The molecule has 3 unspecified atom stereocenters. The normalized spacial score (nSPS) is 32.9. The van der Waals surface area contributed by atoms with E-state index in [-0.39, 0.29) is 6.10 Å². The van der Waals surface area contributed by atoms with Gasteiger partial charge in [0.25, 0.3) is 0 Å². The van der Waals surface area contributed by atoms with Gasteiger partial charge in [-0.15, -0.1) is 0 Å². The summed E-state index contributed by atoms with van der Waals surface area (Å²) in [5.41, 5.74) is 0.964. The van der Waals surface area contributed by atoms with Crippen LogP contribution in [0.1, 0.15) is 50.9 Å². The number of aromatic nitrogens is 2. The maximum Gasteiger partial charge on any atom is 0.0996 e. The molecule has 1 N–H and O–H groups in total. The Balaban J connectivity index is 1.84. The molecule has 4 heteroatoms. The quantitative estimate of drug-likeness (QED) is 0.930. The Hall–Kier alpha value is -0.350. The van der Waals surface area contributed by atoms with Crippen LogP contribution in [0.5, 0.6) is 0 Å². The summed E-state index contributed by atoms with van der Waals surface area (Å²) in [5, 5.41) is 14.9. The Morgan fingerprint density at radius 2 is 2.00 bits per heavy atom. The van der Waals surface area contributed by atoms with Crippen LogP contribution < -0.4 is 0 Å². The Kier molecular flexibility index (Phi) is 2.82. The zero-order valence-corrected chi connectivity index (χ0v) is 11.9. The van der Waals surface area contributed by atoms with Gasteiger partial charge in [0.2, 0.25) is 0 Å². The maximum atomic E-state index is 10.6. The molecular formula is C13H19BrN2O. The fourth-order valence-electron chi connectivity index (χ4n) is 3.28. The van der Waals surface area contributed by atoms with Crippen molar-refractivity contribution in [3.8, 4) is 0 Å². The highest BCUT2D eigenvalue weighted by Gasteiger charge is 2.48. The van der Waals surface area contributed by atoms with E-state index in [1.807, 2.05) is 4.68 Å². The molecule has 0 radical (unpaired) electrons. The number of hydrogen-bond donors (Lipinski definition) is 1. The number of fused-ring (bicyclic) bond motifs is 1. The molecule has 0 bridgehead atoms. The highest BCUT2D eigenvalue weighted by atomic mass is 79.9. The summed E-state index contributed by atoms with van der Waals surface area (Å²) in [6, 6.07) is 0.293. The lowest BCUT2D eigenvalue weighted by Crippen LogP contribution is -2.18. The highest BCUT2D eigenvalue weighted by Crippen LogP contribution is 2.57. The smallest absolute Gasteiger partial charge is 0.0996 e. The minimum Gasteiger partial charge on any atom is -0.386 e. The number of aliphatic hydroxyl groups excluding tert-OH is 1. The van der Waals surface area contributed by atoms with Crippen LogP contribution in [0.4, 0.5) is 0 Å². The van der Waals surface area contributed by atoms with E-state index < -0.39 is 0 Å². The second kappa shape index (κ2) is 4.09. The lowest BCUT2D eigenvalue weighted by molar-refractivity contribution is 0.0932. The lowest BCUT2D eigenvalue weighted by atomic mass is 9.94. The van der Waals surface area contributed by atoms with Gasteiger partial charge in [0.05, 0.1) is 22.5 Å². The summed E-state index contributed by atoms with van der Waals surface area (Å²) in [6.07, 6.45) is 5.23. The first kappa shape index (κ1) is 11.7. The largest absolute Gasteiger partial charge is 0.386 e. The molecule has 1 aromatic rings. The molecule has 1 aromatic heterocycles. The Morgan fingerprint density at radius 3 is 2.59 bits per heavy atom. The molecule has 2 aliphatic carbocycles. The van der Waals surface area contributed by atoms with Crippen LogP contribution in [0.3, 0.4) is 0 Å². The predicted octanol–water partition coefficient (Wildman–Crippen LogP) is 3.31. The van der Waals surface area contributed by atoms with Crippen LogP contribution in [0.25, 0.3) is 0 Å². The van der Waals surface area contributed by atoms with E-state index in [0.29, 0.717) is 12.0 Å². The van der Waals surface area contributed by atoms with Crippen LogP contribution in [0, 0.1) is 17.8 Å². The van der Waals surface area contributed by atoms with Gasteiger partial charge in [0, 0.05) is 6.04 Å². The minimum atomic E-state index is -0.359. The van der Waals surface area contributed by atoms with Crippen LogP contribution in [0.15, 0.2) is 10.7 Å². The molecule has 2 aliphatic rings. The van der Waals surface area contributed by atoms with Crippen LogP contribution in [-0.2, 0) is 0 Å². The third-order valence-electron chi connectivity index (χ3n) is 4.28. The van der Waals surface area contributed by atoms with Crippen molar-refractivity contribution in [2.24, 2.45) is 17.8 Å². The van der Waals surface area contributed by atoms with Gasteiger partial charge in [-0.3, -0.25) is 4.68 Å². The molecule has 0 aromatic carbocycles. The summed E-state index contributed by atoms with van der Waals surface area (Å²) in [7, 11) is 0. The van der Waals surface area contributed by atoms with E-state index in [0.717, 1.165) is 22.0 Å². The molecule has 0 aliphatic heterocycles. The van der Waals surface area contributed by atoms with Gasteiger partial charge in [0.15, 0.2) is 0 Å². The monoisotopic (exact) mass is 298 g/mol. The summed E-state index contributed by atoms with van der Waals surface area (Å²) in [5.74, 6) is 2.25. The number of nitrogens with zero attached hydrogens (tertiary/aromatic N) is 2. The minimum absolute atomic E-state index is 0.293. The van der Waals surface area contributed by atoms with Crippen molar-refractivity contribution >= 4 is 15.9 Å². The summed E-state index contributed by atoms with van der Waals surface area (Å²) < 4.78 is 2.89. The van der Waals surface area contributed by atoms with Crippen molar-refractivity contribution in [1.29, 1.82) is 0 Å². The van der Waals surface area contributed by atoms with Gasteiger partial charge < -0.3 is 5.11 Å². The average Bonchev–Trinajstić information content (AvgIpc) is 2.74. The second-order valence-corrected chi connectivity index (χ2v) is 6.70. The lowest BCUT2D eigenvalue weighted by Gasteiger charge is -2.22. The van der Waals surface area contributed by atoms with Gasteiger partial charge in [-0.2, -0.15) is 5.10 Å². The van der Waals surface area contributed by atoms with Crippen molar-refractivity contribution in [2.45, 2.75) is 45.3 Å². The van der Waals surface area contributed by atoms with Crippen molar-refractivity contribution in [3.63, 3.8) is 0 Å². The maximum absolute atomic E-state index is 10.6. The molecule has 94 valence electrons. The third kappa shape index (κ3) is 1.95. The molecule has 0 amide bonds. The first-order valence-corrected chi connectivity index (χ1v) is 7.28. The number of halogens is 1. The SMILES string of the molecule is CC(C)n1ncc(Br)c1C(O)C1CC2CC2C1. The highest BCUT2D eigenvalue weighted by molar-refractivity contribution is 9.10. The molecule has 3 rings (SSSR count). The molecule has 1 heterocycles. The van der Waals surface area contributed by atoms with Crippen LogP contribution >= 0.6 is 15.9 Å². The number of rotatable bonds is 3. The fourth-order valence-corrected chi connectivity index (χ4v) is 3.79. The van der Waals surface area contributed by atoms with Gasteiger partial charge >= 0.3 is 0 Å². The second-order valence-electron chi connectivity index (χ2n) is 5.85. The molecule has 17 heavy (non-hydrogen) atoms. The van der Waals surface area contributed by atoms with Crippen molar-refractivity contribution in [3.05, 3.63) is 16.4 Å². The van der Waals surface area contributed by atoms with Gasteiger partial charge in [-0.05, 0) is 66.8 Å². The van der Waals surface area contributed by atoms with E-state index in [2.05, 4.69) is 34.9 Å². The fraction of sp³-hybridized carbons (Fsp3) is 0.769. The molecule has 2 fully saturated rings. The van der Waals surface area contributed by atoms with Crippen LogP contribution in [-0.4, -0.2) is 14.9 Å². The van der Waals surface area contributed by atoms with Gasteiger partial charge in [0.1, 0.15) is 0 Å². The van der Waals surface area contributed by atoms with E-state index in [9.17, 15) is 5.11 Å². The summed E-state index contributed by atoms with van der Waals surface area (Å²) in [4.78, 5) is 0. The van der Waals surface area contributed by atoms with Crippen molar-refractivity contribution in [2.75, 3.05) is 0 Å². The third-order valence-corrected chi connectivity index (χ3v) is 4.89. The average molecular weight is 299 g/mol. The Bertz CT molecular complexity index is 419. The summed E-state index contributed by atoms with van der Waals surface area (Å²) in [6.45, 7) is 4.20. The van der Waals surface area contributed by atoms with Gasteiger partial charge in [-0.25, -0.2) is 0 Å². The standard InChI is InChI=1S/C13H19BrN2O/c1-7(2)16-12(11(14)6-15-16)13(17)10-4-8-3-9(8)5-10/h6-10,13,17H,3-5H2,1-2H3. The predicted molar refractivity (Wildman–Crippen MR) is 69.6 cm³/mol. The zero-order chi connectivity index (χ0) is 12.2. The first-order valence-electron chi connectivity index (χ1n) is 6.49. The number of hydrogen-bond acceptors (Lipinski definition) is 2. The topological polar surface area (TPSA) is 38.0 Å². The van der Waals surface area contributed by atoms with Crippen molar-refractivity contribution in [1.82, 2.24) is 9.78 Å². The number of aliphatic hydroxyl groups is 1.